The van der Waals surface area contributed by atoms with Gasteiger partial charge < -0.3 is 33.7 Å². The quantitative estimate of drug-likeness (QED) is 0.155. The number of carboxylic acids is 1. The van der Waals surface area contributed by atoms with E-state index in [9.17, 15) is 19.8 Å². The average molecular weight is 562 g/mol. The van der Waals surface area contributed by atoms with Crippen LogP contribution in [-0.4, -0.2) is 47.1 Å². The van der Waals surface area contributed by atoms with Crippen molar-refractivity contribution in [3.63, 3.8) is 0 Å². The maximum absolute atomic E-state index is 13.3. The van der Waals surface area contributed by atoms with E-state index < -0.39 is 5.97 Å². The number of carboxylic acid groups (broad SMARTS) is 1. The summed E-state index contributed by atoms with van der Waals surface area (Å²) < 4.78 is 27.6. The molecule has 0 spiro atoms. The van der Waals surface area contributed by atoms with Crippen molar-refractivity contribution < 1.29 is 43.3 Å². The van der Waals surface area contributed by atoms with E-state index in [4.69, 9.17) is 23.5 Å². The molecule has 1 saturated carbocycles. The summed E-state index contributed by atoms with van der Waals surface area (Å²) in [6.07, 6.45) is 4.36. The number of aryl methyl sites for hydroxylation is 1. The third kappa shape index (κ3) is 6.78. The highest BCUT2D eigenvalue weighted by atomic mass is 16.7. The molecule has 10 heteroatoms. The number of carbonyl (C=O) groups is 2. The van der Waals surface area contributed by atoms with Crippen molar-refractivity contribution in [2.75, 3.05) is 13.9 Å². The maximum atomic E-state index is 13.3. The van der Waals surface area contributed by atoms with E-state index in [2.05, 4.69) is 5.16 Å². The lowest BCUT2D eigenvalue weighted by atomic mass is 9.98. The minimum absolute atomic E-state index is 0.0455. The van der Waals surface area contributed by atoms with Crippen molar-refractivity contribution in [2.45, 2.75) is 51.2 Å². The zero-order chi connectivity index (χ0) is 28.8. The van der Waals surface area contributed by atoms with Gasteiger partial charge in [0.1, 0.15) is 23.9 Å². The molecular weight excluding hydrogens is 530 g/mol. The molecule has 0 unspecified atom stereocenters. The molecule has 1 heterocycles. The molecule has 3 aromatic carbocycles. The first-order valence-electron chi connectivity index (χ1n) is 13.4. The van der Waals surface area contributed by atoms with Crippen LogP contribution in [0.15, 0.2) is 59.1 Å². The van der Waals surface area contributed by atoms with Crippen LogP contribution in [0, 0.1) is 0 Å². The Kier molecular flexibility index (Phi) is 8.69. The van der Waals surface area contributed by atoms with Gasteiger partial charge in [0.05, 0.1) is 17.1 Å². The Hall–Kier alpha value is -4.57. The van der Waals surface area contributed by atoms with Crippen LogP contribution in [0.4, 0.5) is 0 Å². The van der Waals surface area contributed by atoms with Crippen molar-refractivity contribution in [3.8, 4) is 23.1 Å². The van der Waals surface area contributed by atoms with Crippen molar-refractivity contribution in [2.24, 2.45) is 0 Å². The first-order valence-corrected chi connectivity index (χ1v) is 13.4. The summed E-state index contributed by atoms with van der Waals surface area (Å²) >= 11 is 0. The number of nitrogens with zero attached hydrogens (tertiary/aromatic N) is 1. The van der Waals surface area contributed by atoms with Gasteiger partial charge in [0, 0.05) is 25.2 Å². The van der Waals surface area contributed by atoms with Crippen LogP contribution in [0.1, 0.15) is 59.2 Å². The van der Waals surface area contributed by atoms with E-state index in [1.807, 2.05) is 6.07 Å². The van der Waals surface area contributed by atoms with Gasteiger partial charge in [-0.2, -0.15) is 0 Å². The van der Waals surface area contributed by atoms with Gasteiger partial charge >= 0.3 is 5.97 Å². The Balaban J connectivity index is 1.32. The monoisotopic (exact) mass is 561 g/mol. The molecule has 1 aliphatic rings. The zero-order valence-corrected chi connectivity index (χ0v) is 22.6. The molecule has 2 N–H and O–H groups in total. The summed E-state index contributed by atoms with van der Waals surface area (Å²) in [5, 5.41) is 24.5. The highest BCUT2D eigenvalue weighted by Gasteiger charge is 2.20. The lowest BCUT2D eigenvalue weighted by Gasteiger charge is -2.15. The number of methoxy groups -OCH3 is 1. The predicted molar refractivity (Wildman–Crippen MR) is 148 cm³/mol. The number of phenols is 1. The van der Waals surface area contributed by atoms with Crippen LogP contribution < -0.4 is 14.2 Å². The van der Waals surface area contributed by atoms with Crippen LogP contribution in [0.25, 0.3) is 11.0 Å². The van der Waals surface area contributed by atoms with E-state index in [0.717, 1.165) is 31.2 Å². The molecule has 0 saturated heterocycles. The standard InChI is InChI=1S/C31H31NO9/c1-37-18-39-31-25-10-6-19(14-28(25)41-32-31)17-38-27-12-7-21(15-20(27)8-13-29(34)35)30(36)24-11-9-23(16-26(24)33)40-22-4-2-3-5-22/h6-7,9-12,14-16,22,33H,2-5,8,13,17-18H2,1H3,(H,34,35). The van der Waals surface area contributed by atoms with Gasteiger partial charge in [0.2, 0.25) is 0 Å². The fourth-order valence-corrected chi connectivity index (χ4v) is 4.86. The van der Waals surface area contributed by atoms with Crippen LogP contribution in [-0.2, 0) is 22.6 Å². The predicted octanol–water partition coefficient (Wildman–Crippen LogP) is 5.66. The highest BCUT2D eigenvalue weighted by Crippen LogP contribution is 2.31. The second-order valence-corrected chi connectivity index (χ2v) is 9.91. The first-order chi connectivity index (χ1) is 19.9. The van der Waals surface area contributed by atoms with Crippen molar-refractivity contribution in [1.29, 1.82) is 0 Å². The SMILES string of the molecule is COCOc1noc2cc(COc3ccc(C(=O)c4ccc(OC5CCCC5)cc4O)cc3CCC(=O)O)ccc12. The Morgan fingerprint density at radius 1 is 1.02 bits per heavy atom. The molecule has 0 atom stereocenters. The average Bonchev–Trinajstić information content (AvgIpc) is 3.63. The molecule has 0 radical (unpaired) electrons. The number of phenolic OH excluding ortho intramolecular Hbond substituents is 1. The number of aromatic hydroxyl groups is 1. The van der Waals surface area contributed by atoms with E-state index in [-0.39, 0.29) is 49.4 Å². The number of rotatable bonds is 13. The van der Waals surface area contributed by atoms with E-state index in [1.165, 1.54) is 13.2 Å². The smallest absolute Gasteiger partial charge is 0.303 e. The van der Waals surface area contributed by atoms with Crippen LogP contribution >= 0.6 is 0 Å². The second-order valence-electron chi connectivity index (χ2n) is 9.91. The van der Waals surface area contributed by atoms with E-state index >= 15 is 0 Å². The first kappa shape index (κ1) is 28.0. The summed E-state index contributed by atoms with van der Waals surface area (Å²) in [5.41, 5.74) is 2.32. The molecule has 214 valence electrons. The minimum Gasteiger partial charge on any atom is -0.507 e. The number of aliphatic carboxylic acids is 1. The number of hydrogen-bond acceptors (Lipinski definition) is 9. The molecule has 1 fully saturated rings. The van der Waals surface area contributed by atoms with Crippen molar-refractivity contribution >= 4 is 22.7 Å². The zero-order valence-electron chi connectivity index (χ0n) is 22.6. The van der Waals surface area contributed by atoms with Crippen LogP contribution in [0.3, 0.4) is 0 Å². The van der Waals surface area contributed by atoms with Gasteiger partial charge in [-0.3, -0.25) is 9.59 Å². The van der Waals surface area contributed by atoms with E-state index in [1.54, 1.807) is 42.5 Å². The van der Waals surface area contributed by atoms with Crippen LogP contribution in [0.2, 0.25) is 0 Å². The number of fused-ring (bicyclic) bond motifs is 1. The van der Waals surface area contributed by atoms with Gasteiger partial charge in [0.15, 0.2) is 18.2 Å². The summed E-state index contributed by atoms with van der Waals surface area (Å²) in [6, 6.07) is 15.0. The summed E-state index contributed by atoms with van der Waals surface area (Å²) in [5.74, 6) is -0.219. The molecule has 1 aliphatic carbocycles. The summed E-state index contributed by atoms with van der Waals surface area (Å²) in [7, 11) is 1.51. The number of ether oxygens (including phenoxy) is 4. The lowest BCUT2D eigenvalue weighted by Crippen LogP contribution is -2.11. The minimum atomic E-state index is -0.967. The van der Waals surface area contributed by atoms with Gasteiger partial charge in [-0.1, -0.05) is 6.07 Å². The topological polar surface area (TPSA) is 138 Å². The Labute approximate surface area is 236 Å². The number of carbonyl (C=O) groups excluding carboxylic acids is 1. The van der Waals surface area contributed by atoms with Gasteiger partial charge in [-0.15, -0.1) is 0 Å². The largest absolute Gasteiger partial charge is 0.507 e. The third-order valence-corrected chi connectivity index (χ3v) is 6.96. The summed E-state index contributed by atoms with van der Waals surface area (Å²) in [6.45, 7) is 0.214. The number of hydrogen-bond donors (Lipinski definition) is 2. The molecule has 4 aromatic rings. The molecule has 41 heavy (non-hydrogen) atoms. The molecule has 0 aliphatic heterocycles. The Bertz CT molecular complexity index is 1540. The molecule has 0 amide bonds. The van der Waals surface area contributed by atoms with Gasteiger partial charge in [-0.25, -0.2) is 0 Å². The van der Waals surface area contributed by atoms with Gasteiger partial charge in [-0.05, 0) is 90.9 Å². The molecule has 0 bridgehead atoms. The molecule has 5 rings (SSSR count). The number of ketones is 1. The molecule has 10 nitrogen and oxygen atoms in total. The fraction of sp³-hybridized carbons (Fsp3) is 0.323. The third-order valence-electron chi connectivity index (χ3n) is 6.96. The summed E-state index contributed by atoms with van der Waals surface area (Å²) in [4.78, 5) is 24.6. The Morgan fingerprint density at radius 3 is 2.61 bits per heavy atom. The number of aromatic nitrogens is 1. The molecule has 1 aromatic heterocycles. The van der Waals surface area contributed by atoms with Gasteiger partial charge in [0.25, 0.3) is 5.88 Å². The molecular formula is C31H31NO9. The maximum Gasteiger partial charge on any atom is 0.303 e. The van der Waals surface area contributed by atoms with E-state index in [0.29, 0.717) is 39.5 Å². The second kappa shape index (κ2) is 12.7. The van der Waals surface area contributed by atoms with Crippen molar-refractivity contribution in [3.05, 3.63) is 76.9 Å². The fourth-order valence-electron chi connectivity index (χ4n) is 4.86. The Morgan fingerprint density at radius 2 is 1.85 bits per heavy atom. The normalized spacial score (nSPS) is 13.4. The van der Waals surface area contributed by atoms with Crippen molar-refractivity contribution in [1.82, 2.24) is 5.16 Å². The lowest BCUT2D eigenvalue weighted by molar-refractivity contribution is -0.136. The van der Waals surface area contributed by atoms with Crippen LogP contribution in [0.5, 0.6) is 23.1 Å². The highest BCUT2D eigenvalue weighted by molar-refractivity contribution is 6.11. The number of benzene rings is 3.